The Balaban J connectivity index is 1.61. The van der Waals surface area contributed by atoms with Gasteiger partial charge in [0.1, 0.15) is 12.1 Å². The predicted molar refractivity (Wildman–Crippen MR) is 81.5 cm³/mol. The molecule has 0 aromatic rings. The second-order valence-electron chi connectivity index (χ2n) is 7.12. The van der Waals surface area contributed by atoms with Crippen molar-refractivity contribution in [1.29, 1.82) is 0 Å². The molecule has 0 aromatic heterocycles. The van der Waals surface area contributed by atoms with Gasteiger partial charge in [-0.1, -0.05) is 0 Å². The van der Waals surface area contributed by atoms with Gasteiger partial charge in [-0.3, -0.25) is 19.4 Å². The van der Waals surface area contributed by atoms with Crippen molar-refractivity contribution in [1.82, 2.24) is 20.0 Å². The van der Waals surface area contributed by atoms with Crippen LogP contribution in [0.25, 0.3) is 0 Å². The van der Waals surface area contributed by atoms with Crippen LogP contribution >= 0.6 is 0 Å². The Morgan fingerprint density at radius 2 is 1.91 bits per heavy atom. The predicted octanol–water partition coefficient (Wildman–Crippen LogP) is -1.02. The summed E-state index contributed by atoms with van der Waals surface area (Å²) in [5.41, 5.74) is -0.972. The van der Waals surface area contributed by atoms with Crippen LogP contribution in [0.2, 0.25) is 0 Å². The van der Waals surface area contributed by atoms with Crippen molar-refractivity contribution in [2.24, 2.45) is 0 Å². The lowest BCUT2D eigenvalue weighted by atomic mass is 10.1. The van der Waals surface area contributed by atoms with Gasteiger partial charge in [0, 0.05) is 13.1 Å². The molecule has 3 heterocycles. The van der Waals surface area contributed by atoms with E-state index >= 15 is 0 Å². The van der Waals surface area contributed by atoms with Gasteiger partial charge in [-0.05, 0) is 39.8 Å². The Hall–Kier alpha value is -1.67. The van der Waals surface area contributed by atoms with Gasteiger partial charge >= 0.3 is 6.03 Å². The summed E-state index contributed by atoms with van der Waals surface area (Å²) in [7, 11) is 0. The molecule has 0 saturated carbocycles. The van der Waals surface area contributed by atoms with E-state index in [-0.39, 0.29) is 25.0 Å². The molecule has 128 valence electrons. The monoisotopic (exact) mass is 324 g/mol. The van der Waals surface area contributed by atoms with Gasteiger partial charge in [0.05, 0.1) is 12.1 Å². The maximum Gasteiger partial charge on any atom is 0.325 e. The molecule has 0 radical (unpaired) electrons. The van der Waals surface area contributed by atoms with Crippen LogP contribution in [0.15, 0.2) is 0 Å². The fraction of sp³-hybridized carbons (Fsp3) is 0.800. The van der Waals surface area contributed by atoms with E-state index < -0.39 is 23.6 Å². The molecule has 0 bridgehead atoms. The molecule has 8 heteroatoms. The minimum Gasteiger partial charge on any atom is -0.390 e. The summed E-state index contributed by atoms with van der Waals surface area (Å²) in [5.74, 6) is -0.696. The number of amides is 4. The number of carbonyl (C=O) groups excluding carboxylic acids is 3. The van der Waals surface area contributed by atoms with Gasteiger partial charge < -0.3 is 15.3 Å². The van der Waals surface area contributed by atoms with Gasteiger partial charge in [0.2, 0.25) is 5.91 Å². The zero-order valence-electron chi connectivity index (χ0n) is 13.6. The number of hydrogen-bond acceptors (Lipinski definition) is 5. The van der Waals surface area contributed by atoms with Crippen LogP contribution in [0.5, 0.6) is 0 Å². The number of likely N-dealkylation sites (tertiary alicyclic amines) is 2. The molecular weight excluding hydrogens is 300 g/mol. The van der Waals surface area contributed by atoms with Crippen molar-refractivity contribution in [2.75, 3.05) is 32.7 Å². The van der Waals surface area contributed by atoms with Crippen LogP contribution in [0.3, 0.4) is 0 Å². The average molecular weight is 324 g/mol. The molecule has 3 rings (SSSR count). The minimum atomic E-state index is -0.972. The number of aliphatic hydroxyl groups is 1. The van der Waals surface area contributed by atoms with E-state index in [1.165, 1.54) is 0 Å². The first kappa shape index (κ1) is 16.2. The molecule has 3 aliphatic heterocycles. The smallest absolute Gasteiger partial charge is 0.325 e. The minimum absolute atomic E-state index is 0.0407. The van der Waals surface area contributed by atoms with Crippen LogP contribution in [0.1, 0.15) is 26.7 Å². The summed E-state index contributed by atoms with van der Waals surface area (Å²) in [6.45, 7) is 5.56. The second-order valence-corrected chi connectivity index (χ2v) is 7.12. The van der Waals surface area contributed by atoms with Gasteiger partial charge in [0.25, 0.3) is 5.91 Å². The molecule has 0 aromatic carbocycles. The third kappa shape index (κ3) is 2.92. The summed E-state index contributed by atoms with van der Waals surface area (Å²) in [6, 6.07) is -0.579. The van der Waals surface area contributed by atoms with Crippen molar-refractivity contribution in [3.63, 3.8) is 0 Å². The second kappa shape index (κ2) is 5.76. The summed E-state index contributed by atoms with van der Waals surface area (Å²) in [5, 5.41) is 12.8. The molecule has 2 atom stereocenters. The van der Waals surface area contributed by atoms with Gasteiger partial charge in [-0.25, -0.2) is 4.79 Å². The van der Waals surface area contributed by atoms with E-state index in [9.17, 15) is 19.5 Å². The summed E-state index contributed by atoms with van der Waals surface area (Å²) >= 11 is 0. The number of aliphatic hydroxyl groups excluding tert-OH is 1. The molecule has 0 spiro atoms. The van der Waals surface area contributed by atoms with Crippen LogP contribution in [0.4, 0.5) is 4.79 Å². The van der Waals surface area contributed by atoms with E-state index in [0.29, 0.717) is 6.54 Å². The first-order valence-corrected chi connectivity index (χ1v) is 8.13. The number of nitrogens with one attached hydrogen (secondary N) is 1. The first-order chi connectivity index (χ1) is 10.8. The maximum atomic E-state index is 12.4. The molecule has 3 saturated heterocycles. The maximum absolute atomic E-state index is 12.4. The molecule has 23 heavy (non-hydrogen) atoms. The lowest BCUT2D eigenvalue weighted by Crippen LogP contribution is -2.45. The summed E-state index contributed by atoms with van der Waals surface area (Å²) in [4.78, 5) is 41.2. The fourth-order valence-electron chi connectivity index (χ4n) is 3.60. The zero-order valence-corrected chi connectivity index (χ0v) is 13.6. The van der Waals surface area contributed by atoms with Crippen LogP contribution in [-0.4, -0.2) is 88.1 Å². The van der Waals surface area contributed by atoms with E-state index in [1.54, 1.807) is 18.7 Å². The largest absolute Gasteiger partial charge is 0.390 e. The van der Waals surface area contributed by atoms with Gasteiger partial charge in [-0.15, -0.1) is 0 Å². The lowest BCUT2D eigenvalue weighted by molar-refractivity contribution is -0.138. The van der Waals surface area contributed by atoms with E-state index in [1.807, 2.05) is 0 Å². The molecule has 2 N–H and O–H groups in total. The number of hydrogen-bond donors (Lipinski definition) is 2. The Morgan fingerprint density at radius 1 is 1.26 bits per heavy atom. The average Bonchev–Trinajstić information content (AvgIpc) is 3.15. The summed E-state index contributed by atoms with van der Waals surface area (Å²) in [6.07, 6.45) is 1.67. The van der Waals surface area contributed by atoms with E-state index in [4.69, 9.17) is 0 Å². The molecular formula is C15H24N4O4. The Bertz CT molecular complexity index is 530. The van der Waals surface area contributed by atoms with Crippen LogP contribution in [0, 0.1) is 0 Å². The van der Waals surface area contributed by atoms with Crippen LogP contribution < -0.4 is 5.32 Å². The number of nitrogens with zero attached hydrogens (tertiary/aromatic N) is 3. The van der Waals surface area contributed by atoms with Crippen molar-refractivity contribution < 1.29 is 19.5 Å². The quantitative estimate of drug-likeness (QED) is 0.649. The van der Waals surface area contributed by atoms with Crippen molar-refractivity contribution in [3.8, 4) is 0 Å². The molecule has 8 nitrogen and oxygen atoms in total. The number of urea groups is 1. The Labute approximate surface area is 135 Å². The van der Waals surface area contributed by atoms with Gasteiger partial charge in [0.15, 0.2) is 0 Å². The van der Waals surface area contributed by atoms with E-state index in [0.717, 1.165) is 30.8 Å². The van der Waals surface area contributed by atoms with Crippen molar-refractivity contribution >= 4 is 17.8 Å². The van der Waals surface area contributed by atoms with E-state index in [2.05, 4.69) is 10.2 Å². The topological polar surface area (TPSA) is 93.2 Å². The molecule has 0 unspecified atom stereocenters. The van der Waals surface area contributed by atoms with Crippen LogP contribution in [-0.2, 0) is 9.59 Å². The normalized spacial score (nSPS) is 31.1. The Kier molecular flexibility index (Phi) is 4.05. The molecule has 3 aliphatic rings. The Morgan fingerprint density at radius 3 is 2.48 bits per heavy atom. The molecule has 3 fully saturated rings. The number of imide groups is 1. The number of β-amino-alcohol motifs (C(OH)–C–C–N with tert-alkyl or cyclic N) is 1. The van der Waals surface area contributed by atoms with Crippen molar-refractivity contribution in [2.45, 2.75) is 44.4 Å². The highest BCUT2D eigenvalue weighted by Crippen LogP contribution is 2.22. The highest BCUT2D eigenvalue weighted by Gasteiger charge is 2.46. The lowest BCUT2D eigenvalue weighted by Gasteiger charge is -2.25. The highest BCUT2D eigenvalue weighted by molar-refractivity contribution is 6.08. The zero-order chi connectivity index (χ0) is 16.8. The standard InChI is InChI=1S/C15H24N4O4/c1-15(2)13(22)19(14(23)16-15)9-12(21)18-7-10(11(20)8-18)17-5-3-4-6-17/h10-11,20H,3-9H2,1-2H3,(H,16,23)/t10-,11-/m1/s1. The highest BCUT2D eigenvalue weighted by atomic mass is 16.3. The number of rotatable bonds is 3. The third-order valence-corrected chi connectivity index (χ3v) is 4.96. The number of carbonyl (C=O) groups is 3. The fourth-order valence-corrected chi connectivity index (χ4v) is 3.60. The van der Waals surface area contributed by atoms with Gasteiger partial charge in [-0.2, -0.15) is 0 Å². The summed E-state index contributed by atoms with van der Waals surface area (Å²) < 4.78 is 0. The SMILES string of the molecule is CC1(C)NC(=O)N(CC(=O)N2C[C@@H](O)[C@H](N3CCCC3)C2)C1=O. The third-order valence-electron chi connectivity index (χ3n) is 4.96. The van der Waals surface area contributed by atoms with Crippen molar-refractivity contribution in [3.05, 3.63) is 0 Å². The molecule has 4 amide bonds. The molecule has 0 aliphatic carbocycles. The first-order valence-electron chi connectivity index (χ1n) is 8.13.